The lowest BCUT2D eigenvalue weighted by Crippen LogP contribution is -2.26. The molecule has 2 N–H and O–H groups in total. The van der Waals surface area contributed by atoms with Gasteiger partial charge in [0.2, 0.25) is 0 Å². The summed E-state index contributed by atoms with van der Waals surface area (Å²) < 4.78 is 7.22. The van der Waals surface area contributed by atoms with Crippen LogP contribution in [0.2, 0.25) is 5.02 Å². The van der Waals surface area contributed by atoms with Gasteiger partial charge in [-0.05, 0) is 50.6 Å². The van der Waals surface area contributed by atoms with Gasteiger partial charge in [0, 0.05) is 36.7 Å². The Morgan fingerprint density at radius 3 is 2.86 bits per heavy atom. The zero-order chi connectivity index (χ0) is 20.6. The lowest BCUT2D eigenvalue weighted by Gasteiger charge is -2.09. The van der Waals surface area contributed by atoms with Crippen LogP contribution < -0.4 is 10.6 Å². The third-order valence-corrected chi connectivity index (χ3v) is 4.36. The van der Waals surface area contributed by atoms with E-state index in [9.17, 15) is 4.79 Å². The van der Waals surface area contributed by atoms with Crippen molar-refractivity contribution in [2.75, 3.05) is 25.0 Å². The molecule has 0 aliphatic rings. The molecule has 3 rings (SSSR count). The van der Waals surface area contributed by atoms with Crippen molar-refractivity contribution in [3.8, 4) is 0 Å². The van der Waals surface area contributed by atoms with Crippen LogP contribution in [0.25, 0.3) is 5.65 Å². The third-order valence-electron chi connectivity index (χ3n) is 4.13. The van der Waals surface area contributed by atoms with Gasteiger partial charge in [-0.15, -0.1) is 15.3 Å². The molecule has 1 aromatic carbocycles. The second kappa shape index (κ2) is 10.2. The van der Waals surface area contributed by atoms with E-state index in [0.29, 0.717) is 41.6 Å². The van der Waals surface area contributed by atoms with E-state index in [1.54, 1.807) is 28.8 Å². The number of carbonyl (C=O) groups is 1. The lowest BCUT2D eigenvalue weighted by atomic mass is 10.2. The van der Waals surface area contributed by atoms with E-state index < -0.39 is 0 Å². The summed E-state index contributed by atoms with van der Waals surface area (Å²) in [6, 6.07) is 10.6. The predicted molar refractivity (Wildman–Crippen MR) is 112 cm³/mol. The van der Waals surface area contributed by atoms with E-state index in [2.05, 4.69) is 25.9 Å². The summed E-state index contributed by atoms with van der Waals surface area (Å²) in [5.41, 5.74) is 1.18. The molecule has 0 aliphatic carbocycles. The van der Waals surface area contributed by atoms with Gasteiger partial charge in [0.05, 0.1) is 6.10 Å². The van der Waals surface area contributed by atoms with Gasteiger partial charge < -0.3 is 15.4 Å². The maximum absolute atomic E-state index is 12.2. The number of halogens is 1. The Morgan fingerprint density at radius 2 is 2.07 bits per heavy atom. The van der Waals surface area contributed by atoms with Gasteiger partial charge in [-0.3, -0.25) is 4.79 Å². The molecule has 0 saturated heterocycles. The van der Waals surface area contributed by atoms with Crippen molar-refractivity contribution in [2.45, 2.75) is 32.8 Å². The summed E-state index contributed by atoms with van der Waals surface area (Å²) in [5, 5.41) is 19.5. The minimum absolute atomic E-state index is 0.180. The number of hydrogen-bond acceptors (Lipinski definition) is 6. The minimum Gasteiger partial charge on any atom is -0.379 e. The van der Waals surface area contributed by atoms with Crippen LogP contribution in [0.5, 0.6) is 0 Å². The standard InChI is InChI=1S/C20H25ClN6O2/c1-14(2)29-12-4-10-22-17-7-8-18-24-25-19(27(18)26-17)9-11-23-20(28)15-5-3-6-16(21)13-15/h3,5-8,13-14H,4,9-12H2,1-2H3,(H,22,26)(H,23,28). The molecule has 0 radical (unpaired) electrons. The van der Waals surface area contributed by atoms with E-state index >= 15 is 0 Å². The maximum Gasteiger partial charge on any atom is 0.251 e. The van der Waals surface area contributed by atoms with Crippen molar-refractivity contribution >= 4 is 29.0 Å². The van der Waals surface area contributed by atoms with Crippen molar-refractivity contribution < 1.29 is 9.53 Å². The molecule has 154 valence electrons. The monoisotopic (exact) mass is 416 g/mol. The summed E-state index contributed by atoms with van der Waals surface area (Å²) >= 11 is 5.93. The quantitative estimate of drug-likeness (QED) is 0.493. The fraction of sp³-hybridized carbons (Fsp3) is 0.400. The zero-order valence-electron chi connectivity index (χ0n) is 16.6. The highest BCUT2D eigenvalue weighted by Gasteiger charge is 2.10. The number of nitrogens with one attached hydrogen (secondary N) is 2. The number of benzene rings is 1. The number of amides is 1. The highest BCUT2D eigenvalue weighted by atomic mass is 35.5. The Bertz CT molecular complexity index is 959. The normalized spacial score (nSPS) is 11.2. The molecule has 0 atom stereocenters. The molecule has 0 fully saturated rings. The first-order valence-corrected chi connectivity index (χ1v) is 10.0. The van der Waals surface area contributed by atoms with Gasteiger partial charge in [-0.1, -0.05) is 17.7 Å². The Morgan fingerprint density at radius 1 is 1.21 bits per heavy atom. The Kier molecular flexibility index (Phi) is 7.37. The van der Waals surface area contributed by atoms with E-state index in [1.165, 1.54) is 0 Å². The van der Waals surface area contributed by atoms with Gasteiger partial charge in [0.25, 0.3) is 5.91 Å². The lowest BCUT2D eigenvalue weighted by molar-refractivity contribution is 0.0787. The van der Waals surface area contributed by atoms with Crippen LogP contribution in [-0.4, -0.2) is 51.5 Å². The number of nitrogens with zero attached hydrogens (tertiary/aromatic N) is 4. The molecule has 1 amide bonds. The van der Waals surface area contributed by atoms with Crippen LogP contribution in [0.4, 0.5) is 5.82 Å². The zero-order valence-corrected chi connectivity index (χ0v) is 17.3. The van der Waals surface area contributed by atoms with Crippen molar-refractivity contribution in [2.24, 2.45) is 0 Å². The van der Waals surface area contributed by atoms with Crippen LogP contribution in [0.1, 0.15) is 36.5 Å². The minimum atomic E-state index is -0.180. The summed E-state index contributed by atoms with van der Waals surface area (Å²) in [6.45, 7) is 5.93. The number of hydrogen-bond donors (Lipinski definition) is 2. The molecular weight excluding hydrogens is 392 g/mol. The first kappa shape index (κ1) is 21.0. The van der Waals surface area contributed by atoms with Gasteiger partial charge in [0.1, 0.15) is 5.82 Å². The third kappa shape index (κ3) is 6.13. The van der Waals surface area contributed by atoms with Crippen LogP contribution in [0, 0.1) is 0 Å². The average molecular weight is 417 g/mol. The molecule has 0 aliphatic heterocycles. The highest BCUT2D eigenvalue weighted by Crippen LogP contribution is 2.11. The summed E-state index contributed by atoms with van der Waals surface area (Å²) in [5.74, 6) is 1.24. The molecule has 2 aromatic heterocycles. The highest BCUT2D eigenvalue weighted by molar-refractivity contribution is 6.30. The Balaban J connectivity index is 1.53. The molecule has 3 aromatic rings. The van der Waals surface area contributed by atoms with E-state index in [0.717, 1.165) is 18.8 Å². The topological polar surface area (TPSA) is 93.4 Å². The summed E-state index contributed by atoms with van der Waals surface area (Å²) in [4.78, 5) is 12.2. The van der Waals surface area contributed by atoms with Crippen molar-refractivity contribution in [1.29, 1.82) is 0 Å². The summed E-state index contributed by atoms with van der Waals surface area (Å²) in [6.07, 6.45) is 1.64. The van der Waals surface area contributed by atoms with Crippen LogP contribution in [-0.2, 0) is 11.2 Å². The Hall–Kier alpha value is -2.71. The first-order valence-electron chi connectivity index (χ1n) is 9.63. The fourth-order valence-corrected chi connectivity index (χ4v) is 2.90. The molecular formula is C20H25ClN6O2. The second-order valence-electron chi connectivity index (χ2n) is 6.82. The molecule has 8 nitrogen and oxygen atoms in total. The van der Waals surface area contributed by atoms with Crippen molar-refractivity contribution in [3.05, 3.63) is 52.8 Å². The molecule has 29 heavy (non-hydrogen) atoms. The maximum atomic E-state index is 12.2. The number of fused-ring (bicyclic) bond motifs is 1. The van der Waals surface area contributed by atoms with E-state index in [1.807, 2.05) is 26.0 Å². The molecule has 2 heterocycles. The number of rotatable bonds is 10. The van der Waals surface area contributed by atoms with Crippen LogP contribution >= 0.6 is 11.6 Å². The van der Waals surface area contributed by atoms with Gasteiger partial charge in [0.15, 0.2) is 11.5 Å². The Labute approximate surface area is 174 Å². The van der Waals surface area contributed by atoms with Crippen LogP contribution in [0.3, 0.4) is 0 Å². The van der Waals surface area contributed by atoms with E-state index in [4.69, 9.17) is 16.3 Å². The average Bonchev–Trinajstić information content (AvgIpc) is 3.10. The van der Waals surface area contributed by atoms with Crippen molar-refractivity contribution in [3.63, 3.8) is 0 Å². The largest absolute Gasteiger partial charge is 0.379 e. The van der Waals surface area contributed by atoms with Crippen molar-refractivity contribution in [1.82, 2.24) is 25.1 Å². The molecule has 0 spiro atoms. The smallest absolute Gasteiger partial charge is 0.251 e. The van der Waals surface area contributed by atoms with Gasteiger partial charge in [-0.25, -0.2) is 0 Å². The summed E-state index contributed by atoms with van der Waals surface area (Å²) in [7, 11) is 0. The molecule has 0 saturated carbocycles. The molecule has 0 bridgehead atoms. The number of carbonyl (C=O) groups excluding carboxylic acids is 1. The SMILES string of the molecule is CC(C)OCCCNc1ccc2nnc(CCNC(=O)c3cccc(Cl)c3)n2n1. The van der Waals surface area contributed by atoms with Crippen LogP contribution in [0.15, 0.2) is 36.4 Å². The number of anilines is 1. The van der Waals surface area contributed by atoms with Gasteiger partial charge >= 0.3 is 0 Å². The predicted octanol–water partition coefficient (Wildman–Crippen LogP) is 2.98. The molecule has 0 unspecified atom stereocenters. The number of ether oxygens (including phenoxy) is 1. The van der Waals surface area contributed by atoms with Gasteiger partial charge in [-0.2, -0.15) is 4.52 Å². The first-order chi connectivity index (χ1) is 14.0. The second-order valence-corrected chi connectivity index (χ2v) is 7.26. The van der Waals surface area contributed by atoms with E-state index in [-0.39, 0.29) is 12.0 Å². The fourth-order valence-electron chi connectivity index (χ4n) is 2.71. The molecule has 9 heteroatoms. The number of aromatic nitrogens is 4.